The highest BCUT2D eigenvalue weighted by molar-refractivity contribution is 5.99. The third kappa shape index (κ3) is 4.03. The van der Waals surface area contributed by atoms with Gasteiger partial charge in [-0.25, -0.2) is 4.98 Å². The lowest BCUT2D eigenvalue weighted by Gasteiger charge is -2.43. The van der Waals surface area contributed by atoms with Crippen LogP contribution in [0.3, 0.4) is 0 Å². The first-order chi connectivity index (χ1) is 16.0. The average molecular weight is 482 g/mol. The van der Waals surface area contributed by atoms with Crippen molar-refractivity contribution in [3.8, 4) is 5.88 Å². The number of amides is 2. The Kier molecular flexibility index (Phi) is 5.38. The zero-order valence-electron chi connectivity index (χ0n) is 19.2. The number of alkyl halides is 3. The molecule has 7 nitrogen and oxygen atoms in total. The number of ether oxygens (including phenoxy) is 1. The summed E-state index contributed by atoms with van der Waals surface area (Å²) in [5, 5.41) is 11.3. The summed E-state index contributed by atoms with van der Waals surface area (Å²) < 4.78 is 42.9. The second-order valence-corrected chi connectivity index (χ2v) is 10.6. The number of nitrogens with zero attached hydrogens (tertiary/aromatic N) is 3. The summed E-state index contributed by atoms with van der Waals surface area (Å²) in [6, 6.07) is 2.89. The second kappa shape index (κ2) is 7.83. The summed E-state index contributed by atoms with van der Waals surface area (Å²) >= 11 is 0. The Bertz CT molecular complexity index is 969. The fourth-order valence-corrected chi connectivity index (χ4v) is 5.82. The van der Waals surface area contributed by atoms with Crippen molar-refractivity contribution in [3.63, 3.8) is 0 Å². The number of carbonyl (C=O) groups is 2. The van der Waals surface area contributed by atoms with Gasteiger partial charge in [-0.3, -0.25) is 9.59 Å². The number of β-amino-alcohol motifs (C(OH)–C–C–N with tert-alkyl or cyclic N) is 1. The van der Waals surface area contributed by atoms with E-state index in [0.29, 0.717) is 57.3 Å². The van der Waals surface area contributed by atoms with Gasteiger partial charge in [0.05, 0.1) is 22.9 Å². The zero-order chi connectivity index (χ0) is 24.4. The van der Waals surface area contributed by atoms with Crippen molar-refractivity contribution in [2.24, 2.45) is 5.41 Å². The molecule has 4 aliphatic rings. The topological polar surface area (TPSA) is 83.0 Å². The second-order valence-electron chi connectivity index (χ2n) is 10.6. The summed E-state index contributed by atoms with van der Waals surface area (Å²) in [5.74, 6) is -0.0639. The van der Waals surface area contributed by atoms with Gasteiger partial charge in [0.15, 0.2) is 6.10 Å². The monoisotopic (exact) mass is 481 g/mol. The first-order valence-electron chi connectivity index (χ1n) is 12.0. The van der Waals surface area contributed by atoms with Crippen molar-refractivity contribution in [2.45, 2.75) is 88.1 Å². The minimum absolute atomic E-state index is 0.0251. The molecule has 2 saturated carbocycles. The Balaban J connectivity index is 1.21. The van der Waals surface area contributed by atoms with E-state index in [1.807, 2.05) is 4.90 Å². The quantitative estimate of drug-likeness (QED) is 0.695. The lowest BCUT2D eigenvalue weighted by atomic mass is 9.67. The molecule has 1 N–H and O–H groups in total. The minimum atomic E-state index is -4.48. The van der Waals surface area contributed by atoms with Gasteiger partial charge in [0.25, 0.3) is 0 Å². The van der Waals surface area contributed by atoms with Gasteiger partial charge < -0.3 is 19.6 Å². The van der Waals surface area contributed by atoms with Gasteiger partial charge in [-0.05, 0) is 64.4 Å². The van der Waals surface area contributed by atoms with Crippen LogP contribution < -0.4 is 9.64 Å². The molecule has 0 radical (unpaired) electrons. The number of pyridine rings is 1. The third-order valence-electron chi connectivity index (χ3n) is 8.40. The number of hydrogen-bond donors (Lipinski definition) is 1. The number of aliphatic hydroxyl groups is 1. The van der Waals surface area contributed by atoms with Gasteiger partial charge in [0.2, 0.25) is 17.7 Å². The Hall–Kier alpha value is -2.36. The minimum Gasteiger partial charge on any atom is -0.465 e. The van der Waals surface area contributed by atoms with Crippen LogP contribution in [-0.4, -0.2) is 63.3 Å². The van der Waals surface area contributed by atoms with Crippen molar-refractivity contribution in [1.82, 2.24) is 9.88 Å². The van der Waals surface area contributed by atoms with E-state index in [1.165, 1.54) is 12.3 Å². The van der Waals surface area contributed by atoms with E-state index in [0.717, 1.165) is 26.2 Å². The van der Waals surface area contributed by atoms with Crippen molar-refractivity contribution < 1.29 is 32.6 Å². The van der Waals surface area contributed by atoms with Gasteiger partial charge in [0, 0.05) is 31.1 Å². The Morgan fingerprint density at radius 1 is 1.09 bits per heavy atom. The molecule has 1 aromatic heterocycles. The van der Waals surface area contributed by atoms with Gasteiger partial charge >= 0.3 is 6.18 Å². The van der Waals surface area contributed by atoms with Crippen LogP contribution in [0.4, 0.5) is 18.9 Å². The summed E-state index contributed by atoms with van der Waals surface area (Å²) in [7, 11) is 0. The number of likely N-dealkylation sites (tertiary alicyclic amines) is 1. The van der Waals surface area contributed by atoms with E-state index >= 15 is 0 Å². The highest BCUT2D eigenvalue weighted by atomic mass is 19.4. The molecule has 10 heteroatoms. The fourth-order valence-electron chi connectivity index (χ4n) is 5.82. The van der Waals surface area contributed by atoms with Crippen LogP contribution in [0.25, 0.3) is 0 Å². The molecule has 2 aliphatic carbocycles. The molecular weight excluding hydrogens is 451 g/mol. The van der Waals surface area contributed by atoms with Crippen molar-refractivity contribution >= 4 is 17.5 Å². The first kappa shape index (κ1) is 23.4. The van der Waals surface area contributed by atoms with Crippen LogP contribution in [-0.2, 0) is 9.59 Å². The molecular formula is C24H30F3N3O4. The highest BCUT2D eigenvalue weighted by Gasteiger charge is 2.57. The highest BCUT2D eigenvalue weighted by Crippen LogP contribution is 2.53. The third-order valence-corrected chi connectivity index (χ3v) is 8.40. The molecule has 34 heavy (non-hydrogen) atoms. The maximum absolute atomic E-state index is 13.4. The van der Waals surface area contributed by atoms with E-state index in [4.69, 9.17) is 4.74 Å². The number of rotatable bonds is 5. The molecule has 2 spiro atoms. The van der Waals surface area contributed by atoms with Crippen LogP contribution in [0.5, 0.6) is 5.88 Å². The maximum atomic E-state index is 13.4. The predicted octanol–water partition coefficient (Wildman–Crippen LogP) is 3.59. The average Bonchev–Trinajstić information content (AvgIpc) is 3.44. The molecule has 0 aromatic carbocycles. The van der Waals surface area contributed by atoms with Crippen LogP contribution >= 0.6 is 0 Å². The van der Waals surface area contributed by atoms with Crippen molar-refractivity contribution in [2.75, 3.05) is 18.0 Å². The maximum Gasteiger partial charge on any atom is 0.425 e. The number of anilines is 1. The van der Waals surface area contributed by atoms with Crippen molar-refractivity contribution in [1.29, 1.82) is 0 Å². The summed E-state index contributed by atoms with van der Waals surface area (Å²) in [6.45, 7) is 1.76. The van der Waals surface area contributed by atoms with E-state index in [2.05, 4.69) is 4.98 Å². The van der Waals surface area contributed by atoms with Crippen LogP contribution in [0.2, 0.25) is 0 Å². The Morgan fingerprint density at radius 2 is 1.79 bits per heavy atom. The van der Waals surface area contributed by atoms with Gasteiger partial charge in [-0.15, -0.1) is 0 Å². The van der Waals surface area contributed by atoms with Gasteiger partial charge in [-0.1, -0.05) is 0 Å². The fraction of sp³-hybridized carbons (Fsp3) is 0.708. The molecule has 2 aliphatic heterocycles. The first-order valence-corrected chi connectivity index (χ1v) is 12.0. The van der Waals surface area contributed by atoms with E-state index in [1.54, 1.807) is 11.0 Å². The zero-order valence-corrected chi connectivity index (χ0v) is 19.2. The van der Waals surface area contributed by atoms with Crippen molar-refractivity contribution in [3.05, 3.63) is 18.3 Å². The molecule has 4 fully saturated rings. The summed E-state index contributed by atoms with van der Waals surface area (Å²) in [5.41, 5.74) is -1.03. The smallest absolute Gasteiger partial charge is 0.425 e. The molecule has 2 amide bonds. The lowest BCUT2D eigenvalue weighted by Crippen LogP contribution is -2.51. The van der Waals surface area contributed by atoms with E-state index in [9.17, 15) is 27.9 Å². The largest absolute Gasteiger partial charge is 0.465 e. The van der Waals surface area contributed by atoms with Crippen LogP contribution in [0.1, 0.15) is 64.7 Å². The lowest BCUT2D eigenvalue weighted by molar-refractivity contribution is -0.189. The summed E-state index contributed by atoms with van der Waals surface area (Å²) in [4.78, 5) is 33.2. The van der Waals surface area contributed by atoms with E-state index in [-0.39, 0.29) is 23.2 Å². The normalized spacial score (nSPS) is 31.6. The molecule has 0 bridgehead atoms. The SMILES string of the molecule is CC(Oc1ccc(N2CCC3(CCC(O)(CN4C(=O)CCC45CC5)CC3)C2=O)cn1)C(F)(F)F. The molecule has 3 heterocycles. The molecule has 1 atom stereocenters. The van der Waals surface area contributed by atoms with Crippen LogP contribution in [0, 0.1) is 5.41 Å². The number of hydrogen-bond acceptors (Lipinski definition) is 5. The Labute approximate surface area is 196 Å². The number of aromatic nitrogens is 1. The molecule has 2 saturated heterocycles. The van der Waals surface area contributed by atoms with E-state index < -0.39 is 23.3 Å². The van der Waals surface area contributed by atoms with Gasteiger partial charge in [-0.2, -0.15) is 13.2 Å². The molecule has 5 rings (SSSR count). The molecule has 186 valence electrons. The molecule has 1 unspecified atom stereocenters. The van der Waals surface area contributed by atoms with Crippen LogP contribution in [0.15, 0.2) is 18.3 Å². The number of carbonyl (C=O) groups excluding carboxylic acids is 2. The molecule has 1 aromatic rings. The standard InChI is InChI=1S/C24H30F3N3O4/c1-16(24(25,26)27)34-18-3-2-17(14-28-18)29-13-12-21(20(29)32)6-10-23(33,11-7-21)15-30-19(31)4-5-22(30)8-9-22/h2-3,14,16,33H,4-13,15H2,1H3. The Morgan fingerprint density at radius 3 is 2.38 bits per heavy atom. The number of halogens is 3. The van der Waals surface area contributed by atoms with Gasteiger partial charge in [0.1, 0.15) is 0 Å². The summed E-state index contributed by atoms with van der Waals surface area (Å²) in [6.07, 6.45) is 1.04. The predicted molar refractivity (Wildman–Crippen MR) is 116 cm³/mol.